The van der Waals surface area contributed by atoms with Gasteiger partial charge in [0.15, 0.2) is 0 Å². The van der Waals surface area contributed by atoms with Gasteiger partial charge in [-0.3, -0.25) is 10.3 Å². The first-order valence-corrected chi connectivity index (χ1v) is 8.32. The first kappa shape index (κ1) is 14.0. The van der Waals surface area contributed by atoms with E-state index in [1.54, 1.807) is 6.20 Å². The Balaban J connectivity index is 1.59. The van der Waals surface area contributed by atoms with Crippen LogP contribution in [0.15, 0.2) is 60.9 Å². The molecule has 2 aliphatic heterocycles. The predicted molar refractivity (Wildman–Crippen MR) is 91.7 cm³/mol. The van der Waals surface area contributed by atoms with Crippen molar-refractivity contribution in [1.82, 2.24) is 10.3 Å². The fraction of sp³-hybridized carbons (Fsp3) is 0.250. The molecule has 2 aliphatic rings. The number of nitrogens with one attached hydrogen (secondary N) is 1. The fourth-order valence-electron chi connectivity index (χ4n) is 3.77. The molecule has 0 bridgehead atoms. The zero-order valence-electron chi connectivity index (χ0n) is 13.2. The SMILES string of the molecule is c1cncc([C@@H]2N[C@H]3c4c(ccc5ccccc45)OC[C@H]3CO2)c1. The van der Waals surface area contributed by atoms with Crippen LogP contribution in [0.25, 0.3) is 10.8 Å². The Hall–Kier alpha value is -2.43. The smallest absolute Gasteiger partial charge is 0.136 e. The molecule has 1 saturated heterocycles. The lowest BCUT2D eigenvalue weighted by Crippen LogP contribution is -2.45. The molecule has 1 aromatic heterocycles. The van der Waals surface area contributed by atoms with Crippen molar-refractivity contribution in [3.8, 4) is 5.75 Å². The van der Waals surface area contributed by atoms with Gasteiger partial charge in [-0.05, 0) is 22.9 Å². The van der Waals surface area contributed by atoms with Crippen LogP contribution in [0.1, 0.15) is 23.4 Å². The van der Waals surface area contributed by atoms with Crippen LogP contribution in [0.5, 0.6) is 5.75 Å². The molecule has 5 rings (SSSR count). The highest BCUT2D eigenvalue weighted by Gasteiger charge is 2.38. The van der Waals surface area contributed by atoms with E-state index in [0.29, 0.717) is 19.1 Å². The average molecular weight is 318 g/mol. The molecule has 3 aromatic rings. The summed E-state index contributed by atoms with van der Waals surface area (Å²) in [6.45, 7) is 1.36. The maximum atomic E-state index is 6.03. The number of nitrogens with zero attached hydrogens (tertiary/aromatic N) is 1. The molecule has 4 heteroatoms. The van der Waals surface area contributed by atoms with Gasteiger partial charge in [-0.1, -0.05) is 36.4 Å². The summed E-state index contributed by atoms with van der Waals surface area (Å²) >= 11 is 0. The van der Waals surface area contributed by atoms with E-state index in [1.165, 1.54) is 16.3 Å². The van der Waals surface area contributed by atoms with E-state index in [0.717, 1.165) is 11.3 Å². The van der Waals surface area contributed by atoms with E-state index in [4.69, 9.17) is 9.47 Å². The summed E-state index contributed by atoms with van der Waals surface area (Å²) in [6.07, 6.45) is 3.51. The summed E-state index contributed by atoms with van der Waals surface area (Å²) < 4.78 is 12.0. The number of rotatable bonds is 1. The highest BCUT2D eigenvalue weighted by atomic mass is 16.5. The molecule has 120 valence electrons. The van der Waals surface area contributed by atoms with E-state index in [2.05, 4.69) is 46.7 Å². The fourth-order valence-corrected chi connectivity index (χ4v) is 3.77. The second-order valence-electron chi connectivity index (χ2n) is 6.41. The molecule has 3 heterocycles. The summed E-state index contributed by atoms with van der Waals surface area (Å²) in [5.41, 5.74) is 2.31. The van der Waals surface area contributed by atoms with Gasteiger partial charge in [0.25, 0.3) is 0 Å². The molecule has 0 saturated carbocycles. The van der Waals surface area contributed by atoms with Gasteiger partial charge < -0.3 is 9.47 Å². The van der Waals surface area contributed by atoms with E-state index in [9.17, 15) is 0 Å². The van der Waals surface area contributed by atoms with Gasteiger partial charge in [0.2, 0.25) is 0 Å². The van der Waals surface area contributed by atoms with E-state index < -0.39 is 0 Å². The van der Waals surface area contributed by atoms with Gasteiger partial charge in [0.05, 0.1) is 13.2 Å². The maximum Gasteiger partial charge on any atom is 0.136 e. The van der Waals surface area contributed by atoms with Gasteiger partial charge in [-0.25, -0.2) is 0 Å². The molecule has 24 heavy (non-hydrogen) atoms. The lowest BCUT2D eigenvalue weighted by atomic mass is 9.86. The molecular weight excluding hydrogens is 300 g/mol. The summed E-state index contributed by atoms with van der Waals surface area (Å²) in [5, 5.41) is 6.17. The minimum atomic E-state index is -0.134. The number of hydrogen-bond acceptors (Lipinski definition) is 4. The quantitative estimate of drug-likeness (QED) is 0.744. The summed E-state index contributed by atoms with van der Waals surface area (Å²) in [4.78, 5) is 4.21. The van der Waals surface area contributed by atoms with Crippen molar-refractivity contribution in [2.45, 2.75) is 12.3 Å². The molecule has 0 spiro atoms. The first-order valence-electron chi connectivity index (χ1n) is 8.32. The van der Waals surface area contributed by atoms with Crippen LogP contribution in [-0.2, 0) is 4.74 Å². The lowest BCUT2D eigenvalue weighted by Gasteiger charge is -2.41. The Bertz CT molecular complexity index is 881. The summed E-state index contributed by atoms with van der Waals surface area (Å²) in [5.74, 6) is 1.30. The molecule has 0 aliphatic carbocycles. The molecule has 3 atom stereocenters. The van der Waals surface area contributed by atoms with Gasteiger partial charge >= 0.3 is 0 Å². The number of ether oxygens (including phenoxy) is 2. The topological polar surface area (TPSA) is 43.4 Å². The summed E-state index contributed by atoms with van der Waals surface area (Å²) in [6, 6.07) is 16.9. The number of fused-ring (bicyclic) bond motifs is 5. The number of aromatic nitrogens is 1. The minimum Gasteiger partial charge on any atom is -0.493 e. The Morgan fingerprint density at radius 3 is 2.88 bits per heavy atom. The molecule has 1 fully saturated rings. The highest BCUT2D eigenvalue weighted by molar-refractivity contribution is 5.88. The lowest BCUT2D eigenvalue weighted by molar-refractivity contribution is -0.0709. The standard InChI is InChI=1S/C20H18N2O2/c1-2-6-16-13(4-1)7-8-17-18(16)19-15(11-23-17)12-24-20(22-19)14-5-3-9-21-10-14/h1-10,15,19-20,22H,11-12H2/t15-,19+,20+/m0/s1. The second-order valence-corrected chi connectivity index (χ2v) is 6.41. The van der Waals surface area contributed by atoms with Gasteiger partial charge in [0.1, 0.15) is 12.0 Å². The van der Waals surface area contributed by atoms with Crippen molar-refractivity contribution in [2.75, 3.05) is 13.2 Å². The molecule has 2 aromatic carbocycles. The second kappa shape index (κ2) is 5.58. The maximum absolute atomic E-state index is 6.03. The third-order valence-electron chi connectivity index (χ3n) is 4.96. The number of hydrogen-bond donors (Lipinski definition) is 1. The average Bonchev–Trinajstić information content (AvgIpc) is 2.67. The van der Waals surface area contributed by atoms with Crippen LogP contribution in [0, 0.1) is 5.92 Å². The van der Waals surface area contributed by atoms with Crippen molar-refractivity contribution < 1.29 is 9.47 Å². The molecule has 1 N–H and O–H groups in total. The summed E-state index contributed by atoms with van der Waals surface area (Å²) in [7, 11) is 0. The van der Waals surface area contributed by atoms with Crippen LogP contribution in [0.3, 0.4) is 0 Å². The van der Waals surface area contributed by atoms with E-state index >= 15 is 0 Å². The predicted octanol–water partition coefficient (Wildman–Crippen LogP) is 3.60. The minimum absolute atomic E-state index is 0.134. The highest BCUT2D eigenvalue weighted by Crippen LogP contribution is 2.43. The van der Waals surface area contributed by atoms with Crippen LogP contribution < -0.4 is 10.1 Å². The normalized spacial score (nSPS) is 25.6. The Kier molecular flexibility index (Phi) is 3.25. The largest absolute Gasteiger partial charge is 0.493 e. The zero-order valence-corrected chi connectivity index (χ0v) is 13.2. The molecule has 0 amide bonds. The van der Waals surface area contributed by atoms with Crippen molar-refractivity contribution in [2.24, 2.45) is 5.92 Å². The third kappa shape index (κ3) is 2.19. The van der Waals surface area contributed by atoms with E-state index in [1.807, 2.05) is 18.3 Å². The molecule has 0 unspecified atom stereocenters. The van der Waals surface area contributed by atoms with Crippen LogP contribution in [-0.4, -0.2) is 18.2 Å². The van der Waals surface area contributed by atoms with E-state index in [-0.39, 0.29) is 12.3 Å². The van der Waals surface area contributed by atoms with Gasteiger partial charge in [0, 0.05) is 35.5 Å². The van der Waals surface area contributed by atoms with Crippen LogP contribution in [0.2, 0.25) is 0 Å². The van der Waals surface area contributed by atoms with Crippen molar-refractivity contribution in [3.05, 3.63) is 72.1 Å². The molecule has 4 nitrogen and oxygen atoms in total. The molecular formula is C20H18N2O2. The van der Waals surface area contributed by atoms with Gasteiger partial charge in [-0.2, -0.15) is 0 Å². The Morgan fingerprint density at radius 1 is 1.00 bits per heavy atom. The van der Waals surface area contributed by atoms with Crippen LogP contribution >= 0.6 is 0 Å². The monoisotopic (exact) mass is 318 g/mol. The van der Waals surface area contributed by atoms with Crippen molar-refractivity contribution in [1.29, 1.82) is 0 Å². The Morgan fingerprint density at radius 2 is 1.96 bits per heavy atom. The van der Waals surface area contributed by atoms with Crippen LogP contribution in [0.4, 0.5) is 0 Å². The number of benzene rings is 2. The van der Waals surface area contributed by atoms with Crippen molar-refractivity contribution >= 4 is 10.8 Å². The van der Waals surface area contributed by atoms with Gasteiger partial charge in [-0.15, -0.1) is 0 Å². The Labute approximate surface area is 140 Å². The zero-order chi connectivity index (χ0) is 15.9. The van der Waals surface area contributed by atoms with Crippen molar-refractivity contribution in [3.63, 3.8) is 0 Å². The number of pyridine rings is 1. The third-order valence-corrected chi connectivity index (χ3v) is 4.96. The molecule has 0 radical (unpaired) electrons. The first-order chi connectivity index (χ1) is 11.9.